The molecule has 0 saturated carbocycles. The molecule has 1 fully saturated rings. The summed E-state index contributed by atoms with van der Waals surface area (Å²) in [4.78, 5) is 27.6. The van der Waals surface area contributed by atoms with Crippen LogP contribution in [0.1, 0.15) is 12.0 Å². The lowest BCUT2D eigenvalue weighted by atomic mass is 10.1. The molecule has 1 aliphatic heterocycles. The van der Waals surface area contributed by atoms with E-state index in [0.717, 1.165) is 5.56 Å². The Labute approximate surface area is 130 Å². The fourth-order valence-electron chi connectivity index (χ4n) is 2.55. The highest BCUT2D eigenvalue weighted by molar-refractivity contribution is 5.82. The van der Waals surface area contributed by atoms with Crippen molar-refractivity contribution >= 4 is 12.1 Å². The predicted octanol–water partition coefficient (Wildman–Crippen LogP) is 1.50. The van der Waals surface area contributed by atoms with Gasteiger partial charge in [-0.2, -0.15) is 0 Å². The summed E-state index contributed by atoms with van der Waals surface area (Å²) in [5.41, 5.74) is 0.911. The van der Waals surface area contributed by atoms with E-state index in [2.05, 4.69) is 0 Å². The Kier molecular flexibility index (Phi) is 5.38. The molecule has 1 amide bonds. The van der Waals surface area contributed by atoms with Crippen molar-refractivity contribution < 1.29 is 19.1 Å². The van der Waals surface area contributed by atoms with E-state index < -0.39 is 18.1 Å². The standard InChI is InChI=1S/C16H22N2O4/c1-17(2)13-9-14(15(19)21-3)18(10-13)16(20)22-11-12-7-5-4-6-8-12/h4-8,13-14H,9-11H2,1-3H3/t13-,14+/m1/s1. The highest BCUT2D eigenvalue weighted by Gasteiger charge is 2.41. The first kappa shape index (κ1) is 16.3. The van der Waals surface area contributed by atoms with Crippen LogP contribution in [-0.4, -0.2) is 61.7 Å². The third-order valence-electron chi connectivity index (χ3n) is 3.92. The minimum absolute atomic E-state index is 0.119. The van der Waals surface area contributed by atoms with Crippen LogP contribution in [0.25, 0.3) is 0 Å². The first-order valence-electron chi connectivity index (χ1n) is 7.24. The molecule has 6 nitrogen and oxygen atoms in total. The van der Waals surface area contributed by atoms with Crippen molar-refractivity contribution in [3.8, 4) is 0 Å². The van der Waals surface area contributed by atoms with Crippen LogP contribution in [0.2, 0.25) is 0 Å². The van der Waals surface area contributed by atoms with Crippen LogP contribution >= 0.6 is 0 Å². The van der Waals surface area contributed by atoms with Crippen LogP contribution in [-0.2, 0) is 20.9 Å². The van der Waals surface area contributed by atoms with Crippen LogP contribution in [0, 0.1) is 0 Å². The van der Waals surface area contributed by atoms with Gasteiger partial charge in [-0.05, 0) is 26.1 Å². The van der Waals surface area contributed by atoms with Gasteiger partial charge in [0.25, 0.3) is 0 Å². The maximum atomic E-state index is 12.3. The second kappa shape index (κ2) is 7.26. The number of rotatable bonds is 4. The molecule has 6 heteroatoms. The summed E-state index contributed by atoms with van der Waals surface area (Å²) in [6, 6.07) is 8.99. The lowest BCUT2D eigenvalue weighted by Gasteiger charge is -2.22. The van der Waals surface area contributed by atoms with Gasteiger partial charge in [-0.1, -0.05) is 30.3 Å². The van der Waals surface area contributed by atoms with E-state index >= 15 is 0 Å². The van der Waals surface area contributed by atoms with Gasteiger partial charge < -0.3 is 14.4 Å². The average molecular weight is 306 g/mol. The molecule has 0 aromatic heterocycles. The van der Waals surface area contributed by atoms with Crippen molar-refractivity contribution in [2.45, 2.75) is 25.1 Å². The van der Waals surface area contributed by atoms with Gasteiger partial charge in [-0.25, -0.2) is 9.59 Å². The molecule has 0 spiro atoms. The number of hydrogen-bond donors (Lipinski definition) is 0. The molecule has 1 heterocycles. The number of carbonyl (C=O) groups excluding carboxylic acids is 2. The summed E-state index contributed by atoms with van der Waals surface area (Å²) in [6.45, 7) is 0.650. The minimum Gasteiger partial charge on any atom is -0.467 e. The summed E-state index contributed by atoms with van der Waals surface area (Å²) in [5, 5.41) is 0. The first-order valence-corrected chi connectivity index (χ1v) is 7.24. The molecule has 120 valence electrons. The smallest absolute Gasteiger partial charge is 0.410 e. The average Bonchev–Trinajstić information content (AvgIpc) is 2.98. The molecular formula is C16H22N2O4. The first-order chi connectivity index (χ1) is 10.5. The van der Waals surface area contributed by atoms with E-state index in [1.54, 1.807) is 0 Å². The highest BCUT2D eigenvalue weighted by Crippen LogP contribution is 2.23. The topological polar surface area (TPSA) is 59.1 Å². The van der Waals surface area contributed by atoms with Crippen LogP contribution in [0.15, 0.2) is 30.3 Å². The maximum Gasteiger partial charge on any atom is 0.410 e. The van der Waals surface area contributed by atoms with Gasteiger partial charge in [0.1, 0.15) is 12.6 Å². The molecule has 0 bridgehead atoms. The summed E-state index contributed by atoms with van der Waals surface area (Å²) in [7, 11) is 5.19. The predicted molar refractivity (Wildman–Crippen MR) is 81.2 cm³/mol. The molecule has 2 atom stereocenters. The van der Waals surface area contributed by atoms with Crippen molar-refractivity contribution in [2.75, 3.05) is 27.7 Å². The van der Waals surface area contributed by atoms with Gasteiger partial charge in [0, 0.05) is 12.6 Å². The Balaban J connectivity index is 2.00. The molecule has 22 heavy (non-hydrogen) atoms. The fraction of sp³-hybridized carbons (Fsp3) is 0.500. The summed E-state index contributed by atoms with van der Waals surface area (Å²) < 4.78 is 10.1. The Bertz CT molecular complexity index is 518. The van der Waals surface area contributed by atoms with E-state index in [4.69, 9.17) is 9.47 Å². The number of methoxy groups -OCH3 is 1. The van der Waals surface area contributed by atoms with E-state index in [0.29, 0.717) is 13.0 Å². The number of ether oxygens (including phenoxy) is 2. The zero-order valence-electron chi connectivity index (χ0n) is 13.2. The quantitative estimate of drug-likeness (QED) is 0.789. The highest BCUT2D eigenvalue weighted by atomic mass is 16.6. The molecule has 0 radical (unpaired) electrons. The zero-order valence-corrected chi connectivity index (χ0v) is 13.2. The number of benzene rings is 1. The van der Waals surface area contributed by atoms with Gasteiger partial charge >= 0.3 is 12.1 Å². The third-order valence-corrected chi connectivity index (χ3v) is 3.92. The van der Waals surface area contributed by atoms with Gasteiger partial charge in [0.15, 0.2) is 0 Å². The summed E-state index contributed by atoms with van der Waals surface area (Å²) in [6.07, 6.45) is 0.0729. The number of esters is 1. The third kappa shape index (κ3) is 3.76. The Morgan fingerprint density at radius 2 is 1.95 bits per heavy atom. The van der Waals surface area contributed by atoms with Gasteiger partial charge in [0.05, 0.1) is 7.11 Å². The molecule has 1 aromatic rings. The van der Waals surface area contributed by atoms with E-state index in [-0.39, 0.29) is 12.6 Å². The SMILES string of the molecule is COC(=O)[C@@H]1C[C@@H](N(C)C)CN1C(=O)OCc1ccccc1. The molecule has 0 N–H and O–H groups in total. The zero-order chi connectivity index (χ0) is 16.1. The van der Waals surface area contributed by atoms with Crippen molar-refractivity contribution in [2.24, 2.45) is 0 Å². The largest absolute Gasteiger partial charge is 0.467 e. The maximum absolute atomic E-state index is 12.3. The summed E-state index contributed by atoms with van der Waals surface area (Å²) >= 11 is 0. The lowest BCUT2D eigenvalue weighted by Crippen LogP contribution is -2.41. The second-order valence-electron chi connectivity index (χ2n) is 5.58. The Morgan fingerprint density at radius 3 is 2.55 bits per heavy atom. The van der Waals surface area contributed by atoms with Crippen molar-refractivity contribution in [1.29, 1.82) is 0 Å². The number of nitrogens with zero attached hydrogens (tertiary/aromatic N) is 2. The van der Waals surface area contributed by atoms with Crippen LogP contribution < -0.4 is 0 Å². The number of likely N-dealkylation sites (N-methyl/N-ethyl adjacent to an activating group) is 1. The van der Waals surface area contributed by atoms with Crippen molar-refractivity contribution in [3.05, 3.63) is 35.9 Å². The molecule has 0 aliphatic carbocycles. The second-order valence-corrected chi connectivity index (χ2v) is 5.58. The van der Waals surface area contributed by atoms with Gasteiger partial charge in [-0.3, -0.25) is 4.90 Å². The van der Waals surface area contributed by atoms with Gasteiger partial charge in [0.2, 0.25) is 0 Å². The van der Waals surface area contributed by atoms with Gasteiger partial charge in [-0.15, -0.1) is 0 Å². The van der Waals surface area contributed by atoms with E-state index in [9.17, 15) is 9.59 Å². The lowest BCUT2D eigenvalue weighted by molar-refractivity contribution is -0.145. The molecule has 1 saturated heterocycles. The number of likely N-dealkylation sites (tertiary alicyclic amines) is 1. The molecular weight excluding hydrogens is 284 g/mol. The van der Waals surface area contributed by atoms with Crippen molar-refractivity contribution in [1.82, 2.24) is 9.80 Å². The monoisotopic (exact) mass is 306 g/mol. The fourth-order valence-corrected chi connectivity index (χ4v) is 2.55. The number of carbonyl (C=O) groups is 2. The summed E-state index contributed by atoms with van der Waals surface area (Å²) in [5.74, 6) is -0.402. The molecule has 1 aliphatic rings. The minimum atomic E-state index is -0.583. The van der Waals surface area contributed by atoms with Crippen LogP contribution in [0.3, 0.4) is 0 Å². The number of hydrogen-bond acceptors (Lipinski definition) is 5. The normalized spacial score (nSPS) is 21.0. The Hall–Kier alpha value is -2.08. The van der Waals surface area contributed by atoms with Crippen LogP contribution in [0.5, 0.6) is 0 Å². The number of amides is 1. The van der Waals surface area contributed by atoms with Crippen LogP contribution in [0.4, 0.5) is 4.79 Å². The van der Waals surface area contributed by atoms with E-state index in [1.807, 2.05) is 49.3 Å². The van der Waals surface area contributed by atoms with E-state index in [1.165, 1.54) is 12.0 Å². The molecule has 0 unspecified atom stereocenters. The Morgan fingerprint density at radius 1 is 1.27 bits per heavy atom. The van der Waals surface area contributed by atoms with Crippen molar-refractivity contribution in [3.63, 3.8) is 0 Å². The molecule has 2 rings (SSSR count). The molecule has 1 aromatic carbocycles.